The smallest absolute Gasteiger partial charge is 0.255 e. The molecule has 0 spiro atoms. The predicted octanol–water partition coefficient (Wildman–Crippen LogP) is 2.05. The second-order valence-corrected chi connectivity index (χ2v) is 9.87. The number of ether oxygens (including phenoxy) is 1. The highest BCUT2D eigenvalue weighted by atomic mass is 32.2. The Bertz CT molecular complexity index is 1330. The van der Waals surface area contributed by atoms with Gasteiger partial charge in [-0.25, -0.2) is 13.4 Å². The van der Waals surface area contributed by atoms with Crippen molar-refractivity contribution in [3.63, 3.8) is 0 Å². The average molecular weight is 431 g/mol. The summed E-state index contributed by atoms with van der Waals surface area (Å²) in [6.07, 6.45) is 1.19. The zero-order chi connectivity index (χ0) is 20.2. The van der Waals surface area contributed by atoms with E-state index in [4.69, 9.17) is 9.72 Å². The number of para-hydroxylation sites is 1. The summed E-state index contributed by atoms with van der Waals surface area (Å²) >= 11 is 1.34. The van der Waals surface area contributed by atoms with Crippen molar-refractivity contribution in [2.45, 2.75) is 17.9 Å². The van der Waals surface area contributed by atoms with Crippen molar-refractivity contribution in [3.05, 3.63) is 29.6 Å². The summed E-state index contributed by atoms with van der Waals surface area (Å²) in [5, 5.41) is 10.0. The average Bonchev–Trinajstić information content (AvgIpc) is 3.31. The van der Waals surface area contributed by atoms with E-state index in [-0.39, 0.29) is 10.9 Å². The second kappa shape index (κ2) is 6.71. The van der Waals surface area contributed by atoms with Gasteiger partial charge in [-0.15, -0.1) is 16.4 Å². The Morgan fingerprint density at radius 2 is 2.07 bits per heavy atom. The van der Waals surface area contributed by atoms with Crippen molar-refractivity contribution in [1.82, 2.24) is 25.0 Å². The SMILES string of the molecule is C[C@@H]1COCCN1c1nc(-n2nnc3ccccc32)nc2c(S(C)(=O)=O)csc12. The third-order valence-corrected chi connectivity index (χ3v) is 7.16. The van der Waals surface area contributed by atoms with E-state index in [2.05, 4.69) is 27.1 Å². The highest BCUT2D eigenvalue weighted by Crippen LogP contribution is 2.36. The van der Waals surface area contributed by atoms with E-state index in [9.17, 15) is 8.42 Å². The number of hydrogen-bond donors (Lipinski definition) is 0. The first kappa shape index (κ1) is 18.4. The van der Waals surface area contributed by atoms with Gasteiger partial charge in [-0.2, -0.15) is 9.67 Å². The molecule has 0 unspecified atom stereocenters. The molecular weight excluding hydrogens is 412 g/mol. The zero-order valence-electron chi connectivity index (χ0n) is 15.8. The fraction of sp³-hybridized carbons (Fsp3) is 0.333. The Balaban J connectivity index is 1.80. The van der Waals surface area contributed by atoms with Crippen LogP contribution in [0.4, 0.5) is 5.82 Å². The van der Waals surface area contributed by atoms with Crippen LogP contribution >= 0.6 is 11.3 Å². The molecule has 1 aliphatic heterocycles. The van der Waals surface area contributed by atoms with Gasteiger partial charge in [0.15, 0.2) is 15.7 Å². The van der Waals surface area contributed by atoms with Gasteiger partial charge in [0.1, 0.15) is 15.9 Å². The van der Waals surface area contributed by atoms with E-state index in [0.717, 1.165) is 10.2 Å². The van der Waals surface area contributed by atoms with Crippen LogP contribution in [0.25, 0.3) is 27.2 Å². The van der Waals surface area contributed by atoms with E-state index in [1.165, 1.54) is 17.6 Å². The Hall–Kier alpha value is -2.63. The van der Waals surface area contributed by atoms with Gasteiger partial charge >= 0.3 is 0 Å². The monoisotopic (exact) mass is 430 g/mol. The molecule has 5 rings (SSSR count). The number of benzene rings is 1. The molecule has 1 fully saturated rings. The fourth-order valence-electron chi connectivity index (χ4n) is 3.48. The molecule has 0 aliphatic carbocycles. The lowest BCUT2D eigenvalue weighted by Gasteiger charge is -2.34. The Morgan fingerprint density at radius 3 is 2.86 bits per heavy atom. The number of sulfone groups is 1. The fourth-order valence-corrected chi connectivity index (χ4v) is 5.76. The van der Waals surface area contributed by atoms with Crippen LogP contribution in [0.5, 0.6) is 0 Å². The molecule has 1 saturated heterocycles. The zero-order valence-corrected chi connectivity index (χ0v) is 17.4. The maximum Gasteiger partial charge on any atom is 0.255 e. The van der Waals surface area contributed by atoms with Crippen LogP contribution in [-0.4, -0.2) is 65.4 Å². The van der Waals surface area contributed by atoms with Crippen molar-refractivity contribution in [3.8, 4) is 5.95 Å². The minimum atomic E-state index is -3.44. The molecule has 1 aromatic carbocycles. The predicted molar refractivity (Wildman–Crippen MR) is 111 cm³/mol. The van der Waals surface area contributed by atoms with Gasteiger partial charge in [-0.1, -0.05) is 17.3 Å². The molecule has 1 atom stereocenters. The van der Waals surface area contributed by atoms with Gasteiger partial charge in [-0.3, -0.25) is 0 Å². The molecular formula is C18H18N6O3S2. The van der Waals surface area contributed by atoms with Gasteiger partial charge < -0.3 is 9.64 Å². The van der Waals surface area contributed by atoms with Gasteiger partial charge in [-0.05, 0) is 19.1 Å². The number of rotatable bonds is 3. The molecule has 3 aromatic heterocycles. The van der Waals surface area contributed by atoms with Crippen LogP contribution in [0.3, 0.4) is 0 Å². The maximum atomic E-state index is 12.3. The van der Waals surface area contributed by atoms with E-state index < -0.39 is 9.84 Å². The van der Waals surface area contributed by atoms with E-state index in [0.29, 0.717) is 42.6 Å². The van der Waals surface area contributed by atoms with E-state index in [1.54, 1.807) is 10.1 Å². The van der Waals surface area contributed by atoms with Crippen LogP contribution < -0.4 is 4.90 Å². The lowest BCUT2D eigenvalue weighted by Crippen LogP contribution is -2.44. The normalized spacial score (nSPS) is 18.0. The van der Waals surface area contributed by atoms with Gasteiger partial charge in [0.05, 0.1) is 29.5 Å². The number of hydrogen-bond acceptors (Lipinski definition) is 9. The van der Waals surface area contributed by atoms with Crippen molar-refractivity contribution in [2.24, 2.45) is 0 Å². The highest BCUT2D eigenvalue weighted by Gasteiger charge is 2.27. The van der Waals surface area contributed by atoms with Crippen LogP contribution in [-0.2, 0) is 14.6 Å². The first-order chi connectivity index (χ1) is 13.9. The Morgan fingerprint density at radius 1 is 1.24 bits per heavy atom. The number of fused-ring (bicyclic) bond motifs is 2. The van der Waals surface area contributed by atoms with Crippen LogP contribution in [0, 0.1) is 0 Å². The Kier molecular flexibility index (Phi) is 4.26. The largest absolute Gasteiger partial charge is 0.377 e. The molecule has 4 aromatic rings. The molecule has 9 nitrogen and oxygen atoms in total. The van der Waals surface area contributed by atoms with Gasteiger partial charge in [0, 0.05) is 18.2 Å². The standard InChI is InChI=1S/C18H18N6O3S2/c1-11-9-27-8-7-23(11)17-16-15(14(10-28-16)29(2,25)26)19-18(20-17)24-13-6-4-3-5-12(13)21-22-24/h3-6,10-11H,7-9H2,1-2H3/t11-/m1/s1. The third-order valence-electron chi connectivity index (χ3n) is 4.93. The Labute approximate surface area is 170 Å². The quantitative estimate of drug-likeness (QED) is 0.487. The van der Waals surface area contributed by atoms with Crippen molar-refractivity contribution in [1.29, 1.82) is 0 Å². The number of thiophene rings is 1. The topological polar surface area (TPSA) is 103 Å². The molecule has 4 heterocycles. The minimum absolute atomic E-state index is 0.103. The summed E-state index contributed by atoms with van der Waals surface area (Å²) in [7, 11) is -3.44. The second-order valence-electron chi connectivity index (χ2n) is 7.00. The maximum absolute atomic E-state index is 12.3. The molecule has 1 aliphatic rings. The van der Waals surface area contributed by atoms with Crippen molar-refractivity contribution < 1.29 is 13.2 Å². The van der Waals surface area contributed by atoms with Gasteiger partial charge in [0.2, 0.25) is 0 Å². The third kappa shape index (κ3) is 3.05. The van der Waals surface area contributed by atoms with Crippen LogP contribution in [0.2, 0.25) is 0 Å². The molecule has 29 heavy (non-hydrogen) atoms. The molecule has 0 saturated carbocycles. The number of morpholine rings is 1. The summed E-state index contributed by atoms with van der Waals surface area (Å²) in [5.74, 6) is 0.989. The summed E-state index contributed by atoms with van der Waals surface area (Å²) < 4.78 is 32.5. The van der Waals surface area contributed by atoms with Crippen LogP contribution in [0.1, 0.15) is 6.92 Å². The van der Waals surface area contributed by atoms with E-state index >= 15 is 0 Å². The van der Waals surface area contributed by atoms with Gasteiger partial charge in [0.25, 0.3) is 5.95 Å². The molecule has 0 amide bonds. The lowest BCUT2D eigenvalue weighted by atomic mass is 10.2. The summed E-state index contributed by atoms with van der Waals surface area (Å²) in [6, 6.07) is 7.61. The number of aromatic nitrogens is 5. The number of anilines is 1. The number of nitrogens with zero attached hydrogens (tertiary/aromatic N) is 6. The first-order valence-electron chi connectivity index (χ1n) is 9.08. The molecule has 0 bridgehead atoms. The van der Waals surface area contributed by atoms with Crippen molar-refractivity contribution >= 4 is 48.2 Å². The lowest BCUT2D eigenvalue weighted by molar-refractivity contribution is 0.0987. The highest BCUT2D eigenvalue weighted by molar-refractivity contribution is 7.91. The molecule has 0 N–H and O–H groups in total. The molecule has 11 heteroatoms. The van der Waals surface area contributed by atoms with Crippen molar-refractivity contribution in [2.75, 3.05) is 30.9 Å². The van der Waals surface area contributed by atoms with Crippen LogP contribution in [0.15, 0.2) is 34.5 Å². The summed E-state index contributed by atoms with van der Waals surface area (Å²) in [5.41, 5.74) is 1.88. The van der Waals surface area contributed by atoms with E-state index in [1.807, 2.05) is 24.3 Å². The molecule has 150 valence electrons. The molecule has 0 radical (unpaired) electrons. The summed E-state index contributed by atoms with van der Waals surface area (Å²) in [4.78, 5) is 11.7. The summed E-state index contributed by atoms with van der Waals surface area (Å²) in [6.45, 7) is 3.89. The first-order valence-corrected chi connectivity index (χ1v) is 11.8. The minimum Gasteiger partial charge on any atom is -0.377 e.